The van der Waals surface area contributed by atoms with Crippen LogP contribution >= 0.6 is 22.9 Å². The first-order valence-corrected chi connectivity index (χ1v) is 7.47. The lowest BCUT2D eigenvalue weighted by molar-refractivity contribution is 0.102. The molecule has 1 aromatic heterocycles. The average Bonchev–Trinajstić information content (AvgIpc) is 2.81. The second-order valence-electron chi connectivity index (χ2n) is 4.56. The zero-order chi connectivity index (χ0) is 13.2. The predicted octanol–water partition coefficient (Wildman–Crippen LogP) is 3.93. The third kappa shape index (κ3) is 2.80. The Morgan fingerprint density at radius 2 is 1.95 bits per heavy atom. The number of benzene rings is 1. The maximum Gasteiger partial charge on any atom is 0.257 e. The molecule has 0 atom stereocenters. The topological polar surface area (TPSA) is 42.0 Å². The van der Waals surface area contributed by atoms with Crippen molar-refractivity contribution in [2.45, 2.75) is 25.7 Å². The standard InChI is InChI=1S/C14H13ClN2OS/c15-10-7-5-9(6-8-10)13(18)17-14-16-11-3-1-2-4-12(11)19-14/h5-8H,1-4H2,(H,16,17,18). The molecule has 5 heteroatoms. The molecule has 1 aromatic carbocycles. The van der Waals surface area contributed by atoms with Gasteiger partial charge in [-0.05, 0) is 49.9 Å². The number of halogens is 1. The fraction of sp³-hybridized carbons (Fsp3) is 0.286. The van der Waals surface area contributed by atoms with Gasteiger partial charge in [-0.25, -0.2) is 4.98 Å². The van der Waals surface area contributed by atoms with E-state index in [-0.39, 0.29) is 5.91 Å². The van der Waals surface area contributed by atoms with Gasteiger partial charge in [0.2, 0.25) is 0 Å². The number of hydrogen-bond donors (Lipinski definition) is 1. The third-order valence-corrected chi connectivity index (χ3v) is 4.50. The number of nitrogens with zero attached hydrogens (tertiary/aromatic N) is 1. The van der Waals surface area contributed by atoms with Crippen LogP contribution in [0.1, 0.15) is 33.8 Å². The summed E-state index contributed by atoms with van der Waals surface area (Å²) in [4.78, 5) is 17.9. The van der Waals surface area contributed by atoms with Gasteiger partial charge >= 0.3 is 0 Å². The Hall–Kier alpha value is -1.39. The van der Waals surface area contributed by atoms with E-state index in [0.717, 1.165) is 18.5 Å². The van der Waals surface area contributed by atoms with E-state index in [2.05, 4.69) is 10.3 Å². The maximum atomic E-state index is 12.1. The van der Waals surface area contributed by atoms with Gasteiger partial charge in [-0.3, -0.25) is 10.1 Å². The van der Waals surface area contributed by atoms with Crippen molar-refractivity contribution in [1.82, 2.24) is 4.98 Å². The molecule has 0 fully saturated rings. The number of hydrogen-bond acceptors (Lipinski definition) is 3. The Morgan fingerprint density at radius 1 is 1.21 bits per heavy atom. The molecule has 0 spiro atoms. The molecule has 0 unspecified atom stereocenters. The molecule has 1 N–H and O–H groups in total. The van der Waals surface area contributed by atoms with Crippen molar-refractivity contribution in [1.29, 1.82) is 0 Å². The van der Waals surface area contributed by atoms with Gasteiger partial charge in [0, 0.05) is 15.5 Å². The summed E-state index contributed by atoms with van der Waals surface area (Å²) in [7, 11) is 0. The Balaban J connectivity index is 1.75. The molecule has 3 nitrogen and oxygen atoms in total. The first kappa shape index (κ1) is 12.6. The van der Waals surface area contributed by atoms with Crippen molar-refractivity contribution in [3.8, 4) is 0 Å². The molecule has 1 aliphatic carbocycles. The number of aromatic nitrogens is 1. The molecule has 3 rings (SSSR count). The van der Waals surface area contributed by atoms with E-state index in [0.29, 0.717) is 15.7 Å². The number of carbonyl (C=O) groups excluding carboxylic acids is 1. The fourth-order valence-electron chi connectivity index (χ4n) is 2.18. The second-order valence-corrected chi connectivity index (χ2v) is 6.08. The van der Waals surface area contributed by atoms with Crippen molar-refractivity contribution in [3.63, 3.8) is 0 Å². The number of anilines is 1. The Bertz CT molecular complexity index is 583. The largest absolute Gasteiger partial charge is 0.298 e. The van der Waals surface area contributed by atoms with Crippen molar-refractivity contribution >= 4 is 34.0 Å². The normalized spacial score (nSPS) is 13.9. The van der Waals surface area contributed by atoms with Crippen LogP contribution in [0.25, 0.3) is 0 Å². The van der Waals surface area contributed by atoms with Crippen LogP contribution in [0, 0.1) is 0 Å². The minimum atomic E-state index is -0.136. The molecule has 98 valence electrons. The molecule has 0 bridgehead atoms. The molecule has 1 heterocycles. The average molecular weight is 293 g/mol. The van der Waals surface area contributed by atoms with Crippen LogP contribution in [0.5, 0.6) is 0 Å². The van der Waals surface area contributed by atoms with Crippen LogP contribution in [-0.2, 0) is 12.8 Å². The van der Waals surface area contributed by atoms with Crippen LogP contribution in [0.15, 0.2) is 24.3 Å². The summed E-state index contributed by atoms with van der Waals surface area (Å²) in [5.74, 6) is -0.136. The van der Waals surface area contributed by atoms with Crippen molar-refractivity contribution in [2.75, 3.05) is 5.32 Å². The van der Waals surface area contributed by atoms with Crippen LogP contribution in [0.2, 0.25) is 5.02 Å². The lowest BCUT2D eigenvalue weighted by Crippen LogP contribution is -2.11. The molecule has 2 aromatic rings. The first-order chi connectivity index (χ1) is 9.22. The smallest absolute Gasteiger partial charge is 0.257 e. The highest BCUT2D eigenvalue weighted by atomic mass is 35.5. The second kappa shape index (κ2) is 5.31. The zero-order valence-corrected chi connectivity index (χ0v) is 11.9. The molecule has 19 heavy (non-hydrogen) atoms. The highest BCUT2D eigenvalue weighted by Gasteiger charge is 2.16. The fourth-order valence-corrected chi connectivity index (χ4v) is 3.35. The Kier molecular flexibility index (Phi) is 3.53. The monoisotopic (exact) mass is 292 g/mol. The number of rotatable bonds is 2. The quantitative estimate of drug-likeness (QED) is 0.911. The van der Waals surface area contributed by atoms with E-state index in [4.69, 9.17) is 11.6 Å². The summed E-state index contributed by atoms with van der Waals surface area (Å²) in [5, 5.41) is 4.19. The number of nitrogens with one attached hydrogen (secondary N) is 1. The van der Waals surface area contributed by atoms with Crippen LogP contribution < -0.4 is 5.32 Å². The van der Waals surface area contributed by atoms with Gasteiger partial charge in [-0.2, -0.15) is 0 Å². The van der Waals surface area contributed by atoms with Crippen LogP contribution in [0.3, 0.4) is 0 Å². The first-order valence-electron chi connectivity index (χ1n) is 6.28. The lowest BCUT2D eigenvalue weighted by Gasteiger charge is -2.06. The Labute approximate surface area is 120 Å². The third-order valence-electron chi connectivity index (χ3n) is 3.17. The highest BCUT2D eigenvalue weighted by Crippen LogP contribution is 2.29. The number of fused-ring (bicyclic) bond motifs is 1. The van der Waals surface area contributed by atoms with E-state index < -0.39 is 0 Å². The van der Waals surface area contributed by atoms with Crippen LogP contribution in [0.4, 0.5) is 5.13 Å². The predicted molar refractivity (Wildman–Crippen MR) is 78.2 cm³/mol. The van der Waals surface area contributed by atoms with Crippen LogP contribution in [-0.4, -0.2) is 10.9 Å². The molecule has 0 radical (unpaired) electrons. The van der Waals surface area contributed by atoms with E-state index in [1.807, 2.05) is 0 Å². The molecular weight excluding hydrogens is 280 g/mol. The Morgan fingerprint density at radius 3 is 2.68 bits per heavy atom. The zero-order valence-electron chi connectivity index (χ0n) is 10.3. The number of thiazole rings is 1. The van der Waals surface area contributed by atoms with Gasteiger partial charge in [0.05, 0.1) is 5.69 Å². The minimum absolute atomic E-state index is 0.136. The SMILES string of the molecule is O=C(Nc1nc2c(s1)CCCC2)c1ccc(Cl)cc1. The highest BCUT2D eigenvalue weighted by molar-refractivity contribution is 7.15. The molecule has 1 amide bonds. The summed E-state index contributed by atoms with van der Waals surface area (Å²) in [6.07, 6.45) is 4.54. The molecule has 0 aliphatic heterocycles. The van der Waals surface area contributed by atoms with Gasteiger partial charge in [-0.1, -0.05) is 11.6 Å². The maximum absolute atomic E-state index is 12.1. The van der Waals surface area contributed by atoms with E-state index in [1.165, 1.54) is 17.7 Å². The molecule has 0 saturated heterocycles. The van der Waals surface area contributed by atoms with Gasteiger partial charge in [0.1, 0.15) is 0 Å². The lowest BCUT2D eigenvalue weighted by atomic mass is 10.0. The van der Waals surface area contributed by atoms with E-state index >= 15 is 0 Å². The van der Waals surface area contributed by atoms with Gasteiger partial charge < -0.3 is 0 Å². The summed E-state index contributed by atoms with van der Waals surface area (Å²) < 4.78 is 0. The molecule has 1 aliphatic rings. The summed E-state index contributed by atoms with van der Waals surface area (Å²) in [6, 6.07) is 6.85. The summed E-state index contributed by atoms with van der Waals surface area (Å²) in [5.41, 5.74) is 1.75. The molecule has 0 saturated carbocycles. The van der Waals surface area contributed by atoms with Gasteiger partial charge in [0.25, 0.3) is 5.91 Å². The number of carbonyl (C=O) groups is 1. The number of aryl methyl sites for hydroxylation is 2. The van der Waals surface area contributed by atoms with E-state index in [9.17, 15) is 4.79 Å². The number of amides is 1. The summed E-state index contributed by atoms with van der Waals surface area (Å²) >= 11 is 7.40. The van der Waals surface area contributed by atoms with Crippen molar-refractivity contribution < 1.29 is 4.79 Å². The summed E-state index contributed by atoms with van der Waals surface area (Å²) in [6.45, 7) is 0. The van der Waals surface area contributed by atoms with Crippen molar-refractivity contribution in [3.05, 3.63) is 45.4 Å². The van der Waals surface area contributed by atoms with Gasteiger partial charge in [0.15, 0.2) is 5.13 Å². The minimum Gasteiger partial charge on any atom is -0.298 e. The van der Waals surface area contributed by atoms with Crippen molar-refractivity contribution in [2.24, 2.45) is 0 Å². The molecular formula is C14H13ClN2OS. The van der Waals surface area contributed by atoms with E-state index in [1.54, 1.807) is 35.6 Å². The van der Waals surface area contributed by atoms with Gasteiger partial charge in [-0.15, -0.1) is 11.3 Å².